The molecule has 0 atom stereocenters. The number of hydrogen-bond donors (Lipinski definition) is 1. The zero-order valence-corrected chi connectivity index (χ0v) is 13.0. The largest absolute Gasteiger partial charge is 0.465 e. The van der Waals surface area contributed by atoms with Gasteiger partial charge in [-0.2, -0.15) is 0 Å². The van der Waals surface area contributed by atoms with Crippen LogP contribution in [0.1, 0.15) is 21.0 Å². The van der Waals surface area contributed by atoms with Crippen LogP contribution in [0.4, 0.5) is 10.1 Å². The van der Waals surface area contributed by atoms with E-state index in [-0.39, 0.29) is 11.8 Å². The Hall–Kier alpha value is -3.55. The van der Waals surface area contributed by atoms with Crippen LogP contribution in [-0.4, -0.2) is 29.2 Å². The predicted molar refractivity (Wildman–Crippen MR) is 85.4 cm³/mol. The van der Waals surface area contributed by atoms with Crippen LogP contribution in [0.15, 0.2) is 52.9 Å². The summed E-state index contributed by atoms with van der Waals surface area (Å²) in [5.74, 6) is -1.79. The van der Waals surface area contributed by atoms with E-state index in [1.807, 2.05) is 0 Å². The van der Waals surface area contributed by atoms with E-state index in [1.165, 1.54) is 49.6 Å². The van der Waals surface area contributed by atoms with Gasteiger partial charge in [0.05, 0.1) is 12.7 Å². The number of aromatic nitrogens is 2. The first kappa shape index (κ1) is 16.3. The highest BCUT2D eigenvalue weighted by Crippen LogP contribution is 2.19. The minimum atomic E-state index is -0.624. The average Bonchev–Trinajstić information content (AvgIpc) is 3.12. The van der Waals surface area contributed by atoms with Crippen LogP contribution in [0, 0.1) is 5.82 Å². The van der Waals surface area contributed by atoms with Crippen molar-refractivity contribution in [2.75, 3.05) is 12.4 Å². The molecule has 0 fully saturated rings. The molecule has 1 aromatic heterocycles. The van der Waals surface area contributed by atoms with Crippen molar-refractivity contribution in [1.82, 2.24) is 10.2 Å². The van der Waals surface area contributed by atoms with E-state index in [9.17, 15) is 14.0 Å². The van der Waals surface area contributed by atoms with Gasteiger partial charge >= 0.3 is 17.8 Å². The predicted octanol–water partition coefficient (Wildman–Crippen LogP) is 2.91. The molecule has 0 bridgehead atoms. The summed E-state index contributed by atoms with van der Waals surface area (Å²) >= 11 is 0. The Morgan fingerprint density at radius 3 is 2.56 bits per heavy atom. The molecule has 3 aromatic rings. The smallest absolute Gasteiger partial charge is 0.337 e. The maximum atomic E-state index is 13.2. The van der Waals surface area contributed by atoms with Crippen LogP contribution in [-0.2, 0) is 4.74 Å². The van der Waals surface area contributed by atoms with Gasteiger partial charge in [0.25, 0.3) is 0 Å². The third kappa shape index (κ3) is 3.69. The zero-order valence-electron chi connectivity index (χ0n) is 13.0. The molecular formula is C17H12FN3O4. The summed E-state index contributed by atoms with van der Waals surface area (Å²) in [7, 11) is 1.28. The number of nitrogens with one attached hydrogen (secondary N) is 1. The van der Waals surface area contributed by atoms with Gasteiger partial charge in [-0.15, -0.1) is 10.2 Å². The number of carbonyl (C=O) groups excluding carboxylic acids is 2. The van der Waals surface area contributed by atoms with Crippen molar-refractivity contribution >= 4 is 17.6 Å². The highest BCUT2D eigenvalue weighted by molar-refractivity contribution is 6.01. The lowest BCUT2D eigenvalue weighted by Crippen LogP contribution is -2.12. The van der Waals surface area contributed by atoms with Gasteiger partial charge < -0.3 is 14.5 Å². The van der Waals surface area contributed by atoms with Crippen LogP contribution in [0.3, 0.4) is 0 Å². The molecule has 0 aliphatic rings. The summed E-state index contributed by atoms with van der Waals surface area (Å²) in [6.07, 6.45) is 0. The molecule has 0 aliphatic carbocycles. The molecule has 0 spiro atoms. The van der Waals surface area contributed by atoms with Gasteiger partial charge in [0.15, 0.2) is 0 Å². The number of benzene rings is 2. The second kappa shape index (κ2) is 6.91. The van der Waals surface area contributed by atoms with Crippen LogP contribution < -0.4 is 5.32 Å². The van der Waals surface area contributed by atoms with Gasteiger partial charge in [0.2, 0.25) is 5.89 Å². The Bertz CT molecular complexity index is 922. The molecule has 3 rings (SSSR count). The van der Waals surface area contributed by atoms with Crippen LogP contribution in [0.25, 0.3) is 11.5 Å². The number of methoxy groups -OCH3 is 1. The Balaban J connectivity index is 1.73. The Labute approximate surface area is 141 Å². The number of rotatable bonds is 4. The first-order chi connectivity index (χ1) is 12.1. The normalized spacial score (nSPS) is 10.3. The third-order valence-corrected chi connectivity index (χ3v) is 3.25. The quantitative estimate of drug-likeness (QED) is 0.733. The highest BCUT2D eigenvalue weighted by atomic mass is 19.1. The molecule has 8 heteroatoms. The molecule has 0 aliphatic heterocycles. The SMILES string of the molecule is COC(=O)c1ccc(NC(=O)c2nnc(-c3cccc(F)c3)o2)cc1. The van der Waals surface area contributed by atoms with Crippen LogP contribution >= 0.6 is 0 Å². The third-order valence-electron chi connectivity index (χ3n) is 3.25. The Morgan fingerprint density at radius 1 is 1.12 bits per heavy atom. The van der Waals surface area contributed by atoms with E-state index in [1.54, 1.807) is 6.07 Å². The molecule has 7 nitrogen and oxygen atoms in total. The van der Waals surface area contributed by atoms with Gasteiger partial charge in [-0.3, -0.25) is 4.79 Å². The molecule has 126 valence electrons. The number of hydrogen-bond acceptors (Lipinski definition) is 6. The maximum absolute atomic E-state index is 13.2. The fourth-order valence-corrected chi connectivity index (χ4v) is 2.05. The van der Waals surface area contributed by atoms with E-state index in [0.29, 0.717) is 16.8 Å². The Kier molecular flexibility index (Phi) is 4.51. The van der Waals surface area contributed by atoms with Crippen molar-refractivity contribution in [2.24, 2.45) is 0 Å². The minimum absolute atomic E-state index is 0.0330. The summed E-state index contributed by atoms with van der Waals surface area (Å²) in [5, 5.41) is 9.94. The molecule has 1 N–H and O–H groups in total. The number of halogens is 1. The topological polar surface area (TPSA) is 94.3 Å². The fourth-order valence-electron chi connectivity index (χ4n) is 2.05. The molecule has 0 unspecified atom stereocenters. The second-order valence-electron chi connectivity index (χ2n) is 4.95. The zero-order chi connectivity index (χ0) is 17.8. The van der Waals surface area contributed by atoms with Gasteiger partial charge in [-0.05, 0) is 42.5 Å². The lowest BCUT2D eigenvalue weighted by Gasteiger charge is -2.03. The molecular weight excluding hydrogens is 329 g/mol. The number of ether oxygens (including phenoxy) is 1. The van der Waals surface area contributed by atoms with E-state index in [4.69, 9.17) is 4.42 Å². The summed E-state index contributed by atoms with van der Waals surface area (Å²) in [6.45, 7) is 0. The molecule has 0 radical (unpaired) electrons. The number of amides is 1. The second-order valence-corrected chi connectivity index (χ2v) is 4.95. The summed E-state index contributed by atoms with van der Waals surface area (Å²) in [5.41, 5.74) is 1.16. The number of esters is 1. The minimum Gasteiger partial charge on any atom is -0.465 e. The molecule has 2 aromatic carbocycles. The molecule has 1 amide bonds. The van der Waals surface area contributed by atoms with Crippen molar-refractivity contribution in [2.45, 2.75) is 0 Å². The van der Waals surface area contributed by atoms with Gasteiger partial charge in [-0.25, -0.2) is 9.18 Å². The van der Waals surface area contributed by atoms with E-state index in [0.717, 1.165) is 0 Å². The molecule has 0 saturated heterocycles. The fraction of sp³-hybridized carbons (Fsp3) is 0.0588. The van der Waals surface area contributed by atoms with E-state index in [2.05, 4.69) is 20.3 Å². The van der Waals surface area contributed by atoms with Gasteiger partial charge in [-0.1, -0.05) is 6.07 Å². The maximum Gasteiger partial charge on any atom is 0.337 e. The number of anilines is 1. The van der Waals surface area contributed by atoms with Crippen molar-refractivity contribution in [3.05, 3.63) is 65.8 Å². The average molecular weight is 341 g/mol. The van der Waals surface area contributed by atoms with Gasteiger partial charge in [0, 0.05) is 11.3 Å². The number of carbonyl (C=O) groups is 2. The van der Waals surface area contributed by atoms with Crippen molar-refractivity contribution in [1.29, 1.82) is 0 Å². The van der Waals surface area contributed by atoms with Crippen molar-refractivity contribution in [3.63, 3.8) is 0 Å². The highest BCUT2D eigenvalue weighted by Gasteiger charge is 2.16. The summed E-state index contributed by atoms with van der Waals surface area (Å²) in [4.78, 5) is 23.5. The molecule has 0 saturated carbocycles. The van der Waals surface area contributed by atoms with Crippen molar-refractivity contribution < 1.29 is 23.1 Å². The number of nitrogens with zero attached hydrogens (tertiary/aromatic N) is 2. The Morgan fingerprint density at radius 2 is 1.88 bits per heavy atom. The van der Waals surface area contributed by atoms with Crippen LogP contribution in [0.5, 0.6) is 0 Å². The summed E-state index contributed by atoms with van der Waals surface area (Å²) in [6, 6.07) is 11.7. The van der Waals surface area contributed by atoms with Gasteiger partial charge in [0.1, 0.15) is 5.82 Å². The standard InChI is InChI=1S/C17H12FN3O4/c1-24-17(23)10-5-7-13(8-6-10)19-14(22)16-21-20-15(25-16)11-3-2-4-12(18)9-11/h2-9H,1H3,(H,19,22). The lowest BCUT2D eigenvalue weighted by molar-refractivity contribution is 0.0600. The molecule has 1 heterocycles. The monoisotopic (exact) mass is 341 g/mol. The van der Waals surface area contributed by atoms with Crippen LogP contribution in [0.2, 0.25) is 0 Å². The summed E-state index contributed by atoms with van der Waals surface area (Å²) < 4.78 is 23.1. The lowest BCUT2D eigenvalue weighted by atomic mass is 10.2. The van der Waals surface area contributed by atoms with Crippen molar-refractivity contribution in [3.8, 4) is 11.5 Å². The first-order valence-corrected chi connectivity index (χ1v) is 7.16. The van der Waals surface area contributed by atoms with E-state index >= 15 is 0 Å². The van der Waals surface area contributed by atoms with E-state index < -0.39 is 17.7 Å². The molecule has 25 heavy (non-hydrogen) atoms. The first-order valence-electron chi connectivity index (χ1n) is 7.16.